The molecule has 1 aromatic heterocycles. The van der Waals surface area contributed by atoms with E-state index in [2.05, 4.69) is 34.8 Å². The average molecular weight is 351 g/mol. The first-order valence-electron chi connectivity index (χ1n) is 8.84. The summed E-state index contributed by atoms with van der Waals surface area (Å²) in [6.45, 7) is 7.46. The second-order valence-corrected chi connectivity index (χ2v) is 6.80. The van der Waals surface area contributed by atoms with Gasteiger partial charge in [-0.1, -0.05) is 18.2 Å². The third-order valence-corrected chi connectivity index (χ3v) is 4.60. The van der Waals surface area contributed by atoms with Gasteiger partial charge in [-0.2, -0.15) is 0 Å². The quantitative estimate of drug-likeness (QED) is 0.737. The molecule has 0 bridgehead atoms. The van der Waals surface area contributed by atoms with Crippen molar-refractivity contribution in [3.05, 3.63) is 69.8 Å². The first kappa shape index (κ1) is 18.1. The molecule has 1 atom stereocenters. The van der Waals surface area contributed by atoms with Gasteiger partial charge in [-0.25, -0.2) is 4.98 Å². The van der Waals surface area contributed by atoms with Crippen LogP contribution in [-0.2, 0) is 0 Å². The van der Waals surface area contributed by atoms with E-state index >= 15 is 0 Å². The van der Waals surface area contributed by atoms with Gasteiger partial charge in [0.15, 0.2) is 0 Å². The van der Waals surface area contributed by atoms with Gasteiger partial charge in [0.05, 0.1) is 16.9 Å². The topological polar surface area (TPSA) is 58.2 Å². The van der Waals surface area contributed by atoms with Crippen LogP contribution in [0, 0.1) is 13.8 Å². The summed E-state index contributed by atoms with van der Waals surface area (Å²) in [6.07, 6.45) is 0. The highest BCUT2D eigenvalue weighted by Crippen LogP contribution is 2.18. The molecule has 26 heavy (non-hydrogen) atoms. The smallest absolute Gasteiger partial charge is 0.258 e. The molecule has 0 radical (unpaired) electrons. The third kappa shape index (κ3) is 4.11. The number of hydrogen-bond acceptors (Lipinski definition) is 4. The highest BCUT2D eigenvalue weighted by atomic mass is 16.5. The minimum atomic E-state index is -0.0997. The van der Waals surface area contributed by atoms with Gasteiger partial charge in [-0.3, -0.25) is 9.69 Å². The summed E-state index contributed by atoms with van der Waals surface area (Å²) in [4.78, 5) is 21.9. The molecule has 136 valence electrons. The number of rotatable bonds is 6. The van der Waals surface area contributed by atoms with Crippen LogP contribution in [0.3, 0.4) is 0 Å². The molecule has 3 aromatic rings. The van der Waals surface area contributed by atoms with E-state index in [1.54, 1.807) is 6.07 Å². The summed E-state index contributed by atoms with van der Waals surface area (Å²) in [5.74, 6) is 1.56. The van der Waals surface area contributed by atoms with Crippen LogP contribution >= 0.6 is 0 Å². The number of H-pyrrole nitrogens is 1. The molecule has 0 aliphatic rings. The summed E-state index contributed by atoms with van der Waals surface area (Å²) in [6, 6.07) is 13.6. The zero-order chi connectivity index (χ0) is 18.7. The summed E-state index contributed by atoms with van der Waals surface area (Å²) in [5, 5.41) is 0.615. The van der Waals surface area contributed by atoms with Gasteiger partial charge in [0.2, 0.25) is 0 Å². The van der Waals surface area contributed by atoms with Gasteiger partial charge in [0.25, 0.3) is 5.56 Å². The first-order chi connectivity index (χ1) is 12.4. The van der Waals surface area contributed by atoms with E-state index in [0.717, 1.165) is 17.8 Å². The molecule has 5 heteroatoms. The highest BCUT2D eigenvalue weighted by Gasteiger charge is 2.15. The molecule has 0 aliphatic heterocycles. The van der Waals surface area contributed by atoms with Crippen molar-refractivity contribution < 1.29 is 4.74 Å². The summed E-state index contributed by atoms with van der Waals surface area (Å²) >= 11 is 0. The molecule has 1 unspecified atom stereocenters. The SMILES string of the molecule is Cc1cc(C)cc(OCCN(C)C(C)c2nc3ccccc3c(=O)[nH]2)c1. The number of aromatic nitrogens is 2. The van der Waals surface area contributed by atoms with Crippen molar-refractivity contribution in [1.82, 2.24) is 14.9 Å². The molecule has 1 heterocycles. The summed E-state index contributed by atoms with van der Waals surface area (Å²) in [5.41, 5.74) is 3.01. The van der Waals surface area contributed by atoms with Crippen LogP contribution in [0.25, 0.3) is 10.9 Å². The Labute approximate surface area is 153 Å². The molecule has 0 saturated heterocycles. The number of ether oxygens (including phenoxy) is 1. The van der Waals surface area contributed by atoms with E-state index in [1.807, 2.05) is 44.3 Å². The minimum Gasteiger partial charge on any atom is -0.492 e. The molecule has 2 aromatic carbocycles. The molecule has 0 spiro atoms. The molecule has 5 nitrogen and oxygen atoms in total. The van der Waals surface area contributed by atoms with Crippen LogP contribution in [-0.4, -0.2) is 35.1 Å². The van der Waals surface area contributed by atoms with Crippen LogP contribution in [0.15, 0.2) is 47.3 Å². The summed E-state index contributed by atoms with van der Waals surface area (Å²) in [7, 11) is 2.00. The Kier molecular flexibility index (Phi) is 5.38. The second kappa shape index (κ2) is 7.70. The van der Waals surface area contributed by atoms with E-state index in [9.17, 15) is 4.79 Å². The standard InChI is InChI=1S/C21H25N3O2/c1-14-11-15(2)13-17(12-14)26-10-9-24(4)16(3)20-22-19-8-6-5-7-18(19)21(25)23-20/h5-8,11-13,16H,9-10H2,1-4H3,(H,22,23,25). The Morgan fingerprint density at radius 3 is 2.58 bits per heavy atom. The van der Waals surface area contributed by atoms with Crippen molar-refractivity contribution in [2.75, 3.05) is 20.2 Å². The minimum absolute atomic E-state index is 0.0184. The number of nitrogens with one attached hydrogen (secondary N) is 1. The Balaban J connectivity index is 1.66. The van der Waals surface area contributed by atoms with E-state index in [4.69, 9.17) is 4.74 Å². The van der Waals surface area contributed by atoms with Crippen LogP contribution in [0.2, 0.25) is 0 Å². The van der Waals surface area contributed by atoms with Crippen molar-refractivity contribution in [2.45, 2.75) is 26.8 Å². The predicted octanol–water partition coefficient (Wildman–Crippen LogP) is 3.61. The van der Waals surface area contributed by atoms with Gasteiger partial charge in [-0.15, -0.1) is 0 Å². The lowest BCUT2D eigenvalue weighted by Crippen LogP contribution is -2.29. The fourth-order valence-corrected chi connectivity index (χ4v) is 3.03. The lowest BCUT2D eigenvalue weighted by Gasteiger charge is -2.24. The second-order valence-electron chi connectivity index (χ2n) is 6.80. The molecule has 0 saturated carbocycles. The van der Waals surface area contributed by atoms with Crippen molar-refractivity contribution >= 4 is 10.9 Å². The van der Waals surface area contributed by atoms with Crippen molar-refractivity contribution in [2.24, 2.45) is 0 Å². The van der Waals surface area contributed by atoms with Gasteiger partial charge in [0.1, 0.15) is 18.2 Å². The number of nitrogens with zero attached hydrogens (tertiary/aromatic N) is 2. The fraction of sp³-hybridized carbons (Fsp3) is 0.333. The third-order valence-electron chi connectivity index (χ3n) is 4.60. The van der Waals surface area contributed by atoms with Crippen LogP contribution in [0.5, 0.6) is 5.75 Å². The van der Waals surface area contributed by atoms with Crippen LogP contribution in [0.4, 0.5) is 0 Å². The lowest BCUT2D eigenvalue weighted by atomic mass is 10.1. The number of aromatic amines is 1. The molecular weight excluding hydrogens is 326 g/mol. The molecule has 0 amide bonds. The lowest BCUT2D eigenvalue weighted by molar-refractivity contribution is 0.196. The van der Waals surface area contributed by atoms with E-state index in [0.29, 0.717) is 17.8 Å². The summed E-state index contributed by atoms with van der Waals surface area (Å²) < 4.78 is 5.88. The number of hydrogen-bond donors (Lipinski definition) is 1. The molecule has 3 rings (SSSR count). The Morgan fingerprint density at radius 1 is 1.15 bits per heavy atom. The zero-order valence-corrected chi connectivity index (χ0v) is 15.7. The highest BCUT2D eigenvalue weighted by molar-refractivity contribution is 5.77. The Morgan fingerprint density at radius 2 is 1.85 bits per heavy atom. The maximum absolute atomic E-state index is 12.3. The van der Waals surface area contributed by atoms with Gasteiger partial charge in [-0.05, 0) is 63.2 Å². The molecule has 0 fully saturated rings. The number of para-hydroxylation sites is 1. The van der Waals surface area contributed by atoms with Gasteiger partial charge in [0, 0.05) is 6.54 Å². The van der Waals surface area contributed by atoms with E-state index < -0.39 is 0 Å². The Hall–Kier alpha value is -2.66. The van der Waals surface area contributed by atoms with E-state index in [-0.39, 0.29) is 11.6 Å². The normalized spacial score (nSPS) is 12.5. The number of fused-ring (bicyclic) bond motifs is 1. The predicted molar refractivity (Wildman–Crippen MR) is 105 cm³/mol. The molecule has 1 N–H and O–H groups in total. The van der Waals surface area contributed by atoms with E-state index in [1.165, 1.54) is 11.1 Å². The van der Waals surface area contributed by atoms with Crippen molar-refractivity contribution in [3.63, 3.8) is 0 Å². The maximum Gasteiger partial charge on any atom is 0.258 e. The van der Waals surface area contributed by atoms with Crippen molar-refractivity contribution in [1.29, 1.82) is 0 Å². The largest absolute Gasteiger partial charge is 0.492 e. The maximum atomic E-state index is 12.3. The van der Waals surface area contributed by atoms with Crippen molar-refractivity contribution in [3.8, 4) is 5.75 Å². The number of aryl methyl sites for hydroxylation is 2. The molecular formula is C21H25N3O2. The average Bonchev–Trinajstić information content (AvgIpc) is 2.60. The number of likely N-dealkylation sites (N-methyl/N-ethyl adjacent to an activating group) is 1. The van der Waals surface area contributed by atoms with Gasteiger partial charge >= 0.3 is 0 Å². The van der Waals surface area contributed by atoms with Crippen LogP contribution in [0.1, 0.15) is 29.9 Å². The molecule has 0 aliphatic carbocycles. The fourth-order valence-electron chi connectivity index (χ4n) is 3.03. The van der Waals surface area contributed by atoms with Gasteiger partial charge < -0.3 is 9.72 Å². The Bertz CT molecular complexity index is 945. The monoisotopic (exact) mass is 351 g/mol. The van der Waals surface area contributed by atoms with Crippen LogP contribution < -0.4 is 10.3 Å². The zero-order valence-electron chi connectivity index (χ0n) is 15.7. The number of benzene rings is 2. The first-order valence-corrected chi connectivity index (χ1v) is 8.84.